The van der Waals surface area contributed by atoms with Crippen molar-refractivity contribution in [2.75, 3.05) is 18.4 Å². The lowest BCUT2D eigenvalue weighted by Gasteiger charge is -2.30. The van der Waals surface area contributed by atoms with Crippen LogP contribution in [-0.4, -0.2) is 41.5 Å². The predicted molar refractivity (Wildman–Crippen MR) is 138 cm³/mol. The third-order valence-corrected chi connectivity index (χ3v) is 5.31. The van der Waals surface area contributed by atoms with Crippen LogP contribution in [0, 0.1) is 18.3 Å². The summed E-state index contributed by atoms with van der Waals surface area (Å²) in [7, 11) is 0. The first-order valence-electron chi connectivity index (χ1n) is 11.6. The Morgan fingerprint density at radius 1 is 1.00 bits per heavy atom. The first-order chi connectivity index (χ1) is 17.1. The highest BCUT2D eigenvalue weighted by atomic mass is 16.6. The Hall–Kier alpha value is -4.38. The Kier molecular flexibility index (Phi) is 8.28. The maximum absolute atomic E-state index is 13.6. The number of carbonyl (C=O) groups is 3. The fourth-order valence-electron chi connectivity index (χ4n) is 3.66. The second-order valence-corrected chi connectivity index (χ2v) is 9.40. The van der Waals surface area contributed by atoms with Gasteiger partial charge in [-0.3, -0.25) is 9.59 Å². The number of hydrogen-bond acceptors (Lipinski definition) is 5. The Morgan fingerprint density at radius 2 is 1.67 bits per heavy atom. The van der Waals surface area contributed by atoms with Crippen molar-refractivity contribution in [3.05, 3.63) is 77.9 Å². The first-order valence-corrected chi connectivity index (χ1v) is 11.6. The van der Waals surface area contributed by atoms with Gasteiger partial charge in [0, 0.05) is 5.69 Å². The quantitative estimate of drug-likeness (QED) is 0.470. The average molecular weight is 487 g/mol. The average Bonchev–Trinajstić information content (AvgIpc) is 2.82. The van der Waals surface area contributed by atoms with Crippen molar-refractivity contribution in [2.24, 2.45) is 0 Å². The van der Waals surface area contributed by atoms with Crippen LogP contribution in [0.25, 0.3) is 10.8 Å². The zero-order chi connectivity index (χ0) is 26.3. The molecule has 0 fully saturated rings. The second-order valence-electron chi connectivity index (χ2n) is 9.40. The van der Waals surface area contributed by atoms with Gasteiger partial charge in [-0.2, -0.15) is 5.26 Å². The minimum atomic E-state index is -1.09. The Morgan fingerprint density at radius 3 is 2.31 bits per heavy atom. The summed E-state index contributed by atoms with van der Waals surface area (Å²) in [6, 6.07) is 21.3. The molecule has 1 unspecified atom stereocenters. The summed E-state index contributed by atoms with van der Waals surface area (Å²) in [5.74, 6) is -1.07. The Balaban J connectivity index is 1.88. The van der Waals surface area contributed by atoms with Gasteiger partial charge in [-0.1, -0.05) is 60.2 Å². The van der Waals surface area contributed by atoms with Crippen molar-refractivity contribution in [1.82, 2.24) is 10.2 Å². The molecule has 0 aliphatic rings. The smallest absolute Gasteiger partial charge is 0.408 e. The lowest BCUT2D eigenvalue weighted by atomic mass is 10.0. The number of amides is 3. The van der Waals surface area contributed by atoms with Crippen LogP contribution in [0.5, 0.6) is 0 Å². The number of hydrogen-bond donors (Lipinski definition) is 2. The number of alkyl carbamates (subject to hydrolysis) is 1. The minimum Gasteiger partial charge on any atom is -0.444 e. The highest BCUT2D eigenvalue weighted by molar-refractivity contribution is 6.00. The molecule has 36 heavy (non-hydrogen) atoms. The summed E-state index contributed by atoms with van der Waals surface area (Å²) in [5, 5.41) is 16.7. The van der Waals surface area contributed by atoms with Crippen molar-refractivity contribution >= 4 is 34.4 Å². The maximum Gasteiger partial charge on any atom is 0.408 e. The van der Waals surface area contributed by atoms with E-state index in [2.05, 4.69) is 10.6 Å². The predicted octanol–water partition coefficient (Wildman–Crippen LogP) is 4.70. The molecule has 3 rings (SSSR count). The van der Waals surface area contributed by atoms with Crippen LogP contribution in [0.2, 0.25) is 0 Å². The molecule has 0 saturated heterocycles. The molecule has 0 aliphatic carbocycles. The molecule has 3 amide bonds. The summed E-state index contributed by atoms with van der Waals surface area (Å²) >= 11 is 0. The third kappa shape index (κ3) is 7.06. The van der Waals surface area contributed by atoms with E-state index in [9.17, 15) is 19.6 Å². The number of nitrogens with zero attached hydrogens (tertiary/aromatic N) is 2. The van der Waals surface area contributed by atoms with E-state index in [-0.39, 0.29) is 6.54 Å². The molecule has 0 heterocycles. The zero-order valence-corrected chi connectivity index (χ0v) is 20.9. The normalized spacial score (nSPS) is 11.8. The molecule has 186 valence electrons. The van der Waals surface area contributed by atoms with Crippen molar-refractivity contribution in [3.63, 3.8) is 0 Å². The molecule has 3 aromatic carbocycles. The van der Waals surface area contributed by atoms with Crippen LogP contribution in [0.4, 0.5) is 10.5 Å². The third-order valence-electron chi connectivity index (χ3n) is 5.31. The molecule has 0 bridgehead atoms. The van der Waals surface area contributed by atoms with E-state index in [1.54, 1.807) is 39.0 Å². The number of anilines is 1. The van der Waals surface area contributed by atoms with Crippen molar-refractivity contribution in [1.29, 1.82) is 5.26 Å². The van der Waals surface area contributed by atoms with Crippen LogP contribution in [0.15, 0.2) is 66.7 Å². The van der Waals surface area contributed by atoms with Crippen LogP contribution < -0.4 is 10.6 Å². The summed E-state index contributed by atoms with van der Waals surface area (Å²) in [4.78, 5) is 39.9. The molecule has 2 N–H and O–H groups in total. The van der Waals surface area contributed by atoms with E-state index in [0.717, 1.165) is 21.2 Å². The van der Waals surface area contributed by atoms with Crippen molar-refractivity contribution in [3.8, 4) is 6.07 Å². The molecule has 0 aromatic heterocycles. The van der Waals surface area contributed by atoms with Gasteiger partial charge in [-0.25, -0.2) is 4.79 Å². The van der Waals surface area contributed by atoms with Gasteiger partial charge in [0.25, 0.3) is 5.91 Å². The van der Waals surface area contributed by atoms with Gasteiger partial charge in [0.15, 0.2) is 0 Å². The topological polar surface area (TPSA) is 112 Å². The maximum atomic E-state index is 13.6. The lowest BCUT2D eigenvalue weighted by Crippen LogP contribution is -2.46. The SMILES string of the molecule is Cc1ccc(C(C(=O)Nc2ccc3ccccc3c2)N(CC#N)C(=O)CNC(=O)OC(C)(C)C)cc1. The van der Waals surface area contributed by atoms with Crippen molar-refractivity contribution < 1.29 is 19.1 Å². The van der Waals surface area contributed by atoms with Gasteiger partial charge in [0.05, 0.1) is 6.07 Å². The molecule has 0 radical (unpaired) electrons. The van der Waals surface area contributed by atoms with Crippen LogP contribution in [0.3, 0.4) is 0 Å². The number of carbonyl (C=O) groups excluding carboxylic acids is 3. The van der Waals surface area contributed by atoms with Gasteiger partial charge >= 0.3 is 6.09 Å². The number of ether oxygens (including phenoxy) is 1. The van der Waals surface area contributed by atoms with E-state index < -0.39 is 36.1 Å². The van der Waals surface area contributed by atoms with E-state index in [4.69, 9.17) is 4.74 Å². The molecule has 1 atom stereocenters. The van der Waals surface area contributed by atoms with Gasteiger partial charge in [-0.15, -0.1) is 0 Å². The van der Waals surface area contributed by atoms with Crippen LogP contribution in [0.1, 0.15) is 37.9 Å². The highest BCUT2D eigenvalue weighted by Crippen LogP contribution is 2.25. The zero-order valence-electron chi connectivity index (χ0n) is 20.9. The fraction of sp³-hybridized carbons (Fsp3) is 0.286. The molecule has 0 saturated carbocycles. The molecule has 8 nitrogen and oxygen atoms in total. The number of fused-ring (bicyclic) bond motifs is 1. The molecule has 0 aliphatic heterocycles. The van der Waals surface area contributed by atoms with E-state index in [0.29, 0.717) is 11.3 Å². The van der Waals surface area contributed by atoms with Crippen molar-refractivity contribution in [2.45, 2.75) is 39.3 Å². The largest absolute Gasteiger partial charge is 0.444 e. The van der Waals surface area contributed by atoms with Gasteiger partial charge in [-0.05, 0) is 56.2 Å². The number of benzene rings is 3. The Labute approximate surface area is 210 Å². The fourth-order valence-corrected chi connectivity index (χ4v) is 3.66. The van der Waals surface area contributed by atoms with Gasteiger partial charge in [0.2, 0.25) is 5.91 Å². The lowest BCUT2D eigenvalue weighted by molar-refractivity contribution is -0.137. The van der Waals surface area contributed by atoms with Gasteiger partial charge < -0.3 is 20.3 Å². The van der Waals surface area contributed by atoms with E-state index in [1.165, 1.54) is 0 Å². The number of rotatable bonds is 7. The monoisotopic (exact) mass is 486 g/mol. The summed E-state index contributed by atoms with van der Waals surface area (Å²) in [5.41, 5.74) is 1.35. The van der Waals surface area contributed by atoms with E-state index >= 15 is 0 Å². The number of nitrogens with one attached hydrogen (secondary N) is 2. The second kappa shape index (κ2) is 11.4. The molecule has 3 aromatic rings. The standard InChI is InChI=1S/C28H30N4O4/c1-19-9-11-21(12-10-19)25(26(34)31-23-14-13-20-7-5-6-8-22(20)17-23)32(16-15-29)24(33)18-30-27(35)36-28(2,3)4/h5-14,17,25H,16,18H2,1-4H3,(H,30,35)(H,31,34). The van der Waals surface area contributed by atoms with Crippen LogP contribution in [-0.2, 0) is 14.3 Å². The Bertz CT molecular complexity index is 1290. The van der Waals surface area contributed by atoms with Crippen LogP contribution >= 0.6 is 0 Å². The summed E-state index contributed by atoms with van der Waals surface area (Å²) < 4.78 is 5.18. The number of aryl methyl sites for hydroxylation is 1. The first kappa shape index (κ1) is 26.2. The highest BCUT2D eigenvalue weighted by Gasteiger charge is 2.32. The summed E-state index contributed by atoms with van der Waals surface area (Å²) in [6.45, 7) is 6.26. The van der Waals surface area contributed by atoms with E-state index in [1.807, 2.05) is 61.5 Å². The molecular formula is C28H30N4O4. The molecule has 0 spiro atoms. The molecule has 8 heteroatoms. The molecular weight excluding hydrogens is 456 g/mol. The van der Waals surface area contributed by atoms with Gasteiger partial charge in [0.1, 0.15) is 24.7 Å². The number of nitriles is 1. The minimum absolute atomic E-state index is 0.349. The summed E-state index contributed by atoms with van der Waals surface area (Å²) in [6.07, 6.45) is -0.764.